The lowest BCUT2D eigenvalue weighted by Gasteiger charge is -2.28. The van der Waals surface area contributed by atoms with E-state index in [-0.39, 0.29) is 11.8 Å². The molecule has 120 valence electrons. The Morgan fingerprint density at radius 2 is 1.90 bits per heavy atom. The van der Waals surface area contributed by atoms with Gasteiger partial charge in [-0.2, -0.15) is 8.78 Å². The van der Waals surface area contributed by atoms with Gasteiger partial charge in [0.2, 0.25) is 0 Å². The predicted molar refractivity (Wildman–Crippen MR) is 76.9 cm³/mol. The summed E-state index contributed by atoms with van der Waals surface area (Å²) in [6, 6.07) is 5.02. The van der Waals surface area contributed by atoms with Gasteiger partial charge < -0.3 is 14.6 Å². The first-order chi connectivity index (χ1) is 9.83. The maximum atomic E-state index is 12.5. The number of hydrogen-bond acceptors (Lipinski definition) is 4. The number of halogens is 2. The van der Waals surface area contributed by atoms with Gasteiger partial charge in [-0.15, -0.1) is 0 Å². The summed E-state index contributed by atoms with van der Waals surface area (Å²) >= 11 is 0. The first kappa shape index (κ1) is 17.7. The van der Waals surface area contributed by atoms with E-state index in [4.69, 9.17) is 4.74 Å². The lowest BCUT2D eigenvalue weighted by molar-refractivity contribution is -0.0510. The van der Waals surface area contributed by atoms with E-state index in [1.54, 1.807) is 19.1 Å². The van der Waals surface area contributed by atoms with Crippen LogP contribution in [0.25, 0.3) is 0 Å². The number of hydrogen-bond donors (Lipinski definition) is 1. The maximum Gasteiger partial charge on any atom is 0.387 e. The summed E-state index contributed by atoms with van der Waals surface area (Å²) < 4.78 is 34.7. The summed E-state index contributed by atoms with van der Waals surface area (Å²) in [7, 11) is 1.47. The van der Waals surface area contributed by atoms with Gasteiger partial charge in [0.1, 0.15) is 11.5 Å². The normalized spacial score (nSPS) is 13.0. The quantitative estimate of drug-likeness (QED) is 0.802. The molecule has 0 fully saturated rings. The lowest BCUT2D eigenvalue weighted by atomic mass is 10.1. The smallest absolute Gasteiger partial charge is 0.387 e. The number of rotatable bonds is 8. The second-order valence-corrected chi connectivity index (χ2v) is 5.22. The molecule has 0 saturated heterocycles. The minimum atomic E-state index is -2.89. The van der Waals surface area contributed by atoms with Crippen LogP contribution in [0.5, 0.6) is 11.5 Å². The van der Waals surface area contributed by atoms with Gasteiger partial charge in [0, 0.05) is 30.8 Å². The molecule has 0 aliphatic rings. The number of ether oxygens (including phenoxy) is 2. The molecule has 6 heteroatoms. The molecule has 1 N–H and O–H groups in total. The van der Waals surface area contributed by atoms with Gasteiger partial charge >= 0.3 is 6.61 Å². The van der Waals surface area contributed by atoms with Crippen LogP contribution < -0.4 is 9.47 Å². The molecular weight excluding hydrogens is 280 g/mol. The first-order valence-corrected chi connectivity index (χ1v) is 6.87. The van der Waals surface area contributed by atoms with E-state index >= 15 is 0 Å². The number of methoxy groups -OCH3 is 1. The molecule has 1 atom stereocenters. The molecule has 1 aromatic carbocycles. The largest absolute Gasteiger partial charge is 0.497 e. The molecule has 1 unspecified atom stereocenters. The van der Waals surface area contributed by atoms with Gasteiger partial charge in [0.25, 0.3) is 0 Å². The Bertz CT molecular complexity index is 439. The van der Waals surface area contributed by atoms with Crippen molar-refractivity contribution in [2.45, 2.75) is 46.1 Å². The Labute approximate surface area is 124 Å². The molecule has 4 nitrogen and oxygen atoms in total. The molecule has 1 rings (SSSR count). The Balaban J connectivity index is 2.98. The van der Waals surface area contributed by atoms with Gasteiger partial charge in [-0.25, -0.2) is 0 Å². The first-order valence-electron chi connectivity index (χ1n) is 6.87. The van der Waals surface area contributed by atoms with E-state index in [9.17, 15) is 13.9 Å². The van der Waals surface area contributed by atoms with E-state index < -0.39 is 12.7 Å². The van der Waals surface area contributed by atoms with Crippen LogP contribution >= 0.6 is 0 Å². The Kier molecular flexibility index (Phi) is 6.84. The molecule has 0 aliphatic heterocycles. The van der Waals surface area contributed by atoms with Gasteiger partial charge in [0.15, 0.2) is 0 Å². The van der Waals surface area contributed by atoms with Crippen LogP contribution in [0.15, 0.2) is 18.2 Å². The summed E-state index contributed by atoms with van der Waals surface area (Å²) in [6.07, 6.45) is -0.495. The minimum absolute atomic E-state index is 0.0978. The summed E-state index contributed by atoms with van der Waals surface area (Å²) in [5, 5.41) is 9.53. The summed E-state index contributed by atoms with van der Waals surface area (Å²) in [4.78, 5) is 1.99. The zero-order valence-electron chi connectivity index (χ0n) is 12.8. The van der Waals surface area contributed by atoms with Crippen LogP contribution in [0, 0.1) is 0 Å². The topological polar surface area (TPSA) is 41.9 Å². The van der Waals surface area contributed by atoms with Crippen molar-refractivity contribution < 1.29 is 23.4 Å². The highest BCUT2D eigenvalue weighted by atomic mass is 19.3. The molecule has 0 amide bonds. The highest BCUT2D eigenvalue weighted by Gasteiger charge is 2.17. The van der Waals surface area contributed by atoms with Crippen molar-refractivity contribution in [3.8, 4) is 11.5 Å². The predicted octanol–water partition coefficient (Wildman–Crippen LogP) is 2.89. The molecule has 0 radical (unpaired) electrons. The number of alkyl halides is 2. The molecule has 0 aromatic heterocycles. The number of benzene rings is 1. The zero-order chi connectivity index (χ0) is 16.0. The van der Waals surface area contributed by atoms with Gasteiger partial charge in [-0.3, -0.25) is 4.90 Å². The third-order valence-corrected chi connectivity index (χ3v) is 3.09. The molecule has 21 heavy (non-hydrogen) atoms. The van der Waals surface area contributed by atoms with E-state index in [1.165, 1.54) is 13.2 Å². The van der Waals surface area contributed by atoms with Crippen molar-refractivity contribution in [2.75, 3.05) is 13.7 Å². The number of aliphatic hydroxyl groups excluding tert-OH is 1. The zero-order valence-corrected chi connectivity index (χ0v) is 12.8. The molecule has 0 aliphatic carbocycles. The fourth-order valence-corrected chi connectivity index (χ4v) is 2.01. The lowest BCUT2D eigenvalue weighted by Crippen LogP contribution is -2.36. The molecule has 0 bridgehead atoms. The average Bonchev–Trinajstić information content (AvgIpc) is 2.38. The van der Waals surface area contributed by atoms with Crippen LogP contribution in [-0.2, 0) is 6.54 Å². The minimum Gasteiger partial charge on any atom is -0.497 e. The van der Waals surface area contributed by atoms with Crippen molar-refractivity contribution >= 4 is 0 Å². The van der Waals surface area contributed by atoms with Crippen molar-refractivity contribution in [1.82, 2.24) is 4.90 Å². The monoisotopic (exact) mass is 303 g/mol. The highest BCUT2D eigenvalue weighted by molar-refractivity contribution is 5.40. The van der Waals surface area contributed by atoms with Gasteiger partial charge in [-0.05, 0) is 26.8 Å². The van der Waals surface area contributed by atoms with Crippen LogP contribution in [-0.4, -0.2) is 42.4 Å². The Hall–Kier alpha value is -1.40. The third kappa shape index (κ3) is 5.85. The molecule has 0 spiro atoms. The van der Waals surface area contributed by atoms with Crippen LogP contribution in [0.3, 0.4) is 0 Å². The highest BCUT2D eigenvalue weighted by Crippen LogP contribution is 2.28. The second-order valence-electron chi connectivity index (χ2n) is 5.22. The summed E-state index contributed by atoms with van der Waals surface area (Å²) in [6.45, 7) is 3.64. The fraction of sp³-hybridized carbons (Fsp3) is 0.600. The molecular formula is C15H23F2NO3. The van der Waals surface area contributed by atoms with E-state index in [2.05, 4.69) is 4.74 Å². The van der Waals surface area contributed by atoms with E-state index in [0.717, 1.165) is 0 Å². The van der Waals surface area contributed by atoms with Crippen LogP contribution in [0.1, 0.15) is 26.3 Å². The maximum absolute atomic E-state index is 12.5. The standard InChI is InChI=1S/C15H23F2NO3/c1-10(2)18(8-11(3)19)9-12-5-6-13(20-4)7-14(12)21-15(16)17/h5-7,10-11,15,19H,8-9H2,1-4H3. The van der Waals surface area contributed by atoms with E-state index in [1.807, 2.05) is 18.7 Å². The van der Waals surface area contributed by atoms with Crippen molar-refractivity contribution in [3.05, 3.63) is 23.8 Å². The molecule has 0 saturated carbocycles. The van der Waals surface area contributed by atoms with Crippen LogP contribution in [0.4, 0.5) is 8.78 Å². The summed E-state index contributed by atoms with van der Waals surface area (Å²) in [5.41, 5.74) is 0.630. The number of nitrogens with zero attached hydrogens (tertiary/aromatic N) is 1. The Morgan fingerprint density at radius 1 is 1.24 bits per heavy atom. The van der Waals surface area contributed by atoms with Gasteiger partial charge in [0.05, 0.1) is 13.2 Å². The van der Waals surface area contributed by atoms with Crippen molar-refractivity contribution in [2.24, 2.45) is 0 Å². The van der Waals surface area contributed by atoms with Crippen molar-refractivity contribution in [3.63, 3.8) is 0 Å². The van der Waals surface area contributed by atoms with Gasteiger partial charge in [-0.1, -0.05) is 6.07 Å². The molecule has 0 heterocycles. The van der Waals surface area contributed by atoms with E-state index in [0.29, 0.717) is 24.4 Å². The van der Waals surface area contributed by atoms with Crippen molar-refractivity contribution in [1.29, 1.82) is 0 Å². The molecule has 1 aromatic rings. The van der Waals surface area contributed by atoms with Crippen LogP contribution in [0.2, 0.25) is 0 Å². The Morgan fingerprint density at radius 3 is 2.38 bits per heavy atom. The number of aliphatic hydroxyl groups is 1. The summed E-state index contributed by atoms with van der Waals surface area (Å²) in [5.74, 6) is 0.557. The SMILES string of the molecule is COc1ccc(CN(CC(C)O)C(C)C)c(OC(F)F)c1. The fourth-order valence-electron chi connectivity index (χ4n) is 2.01. The second kappa shape index (κ2) is 8.14. The third-order valence-electron chi connectivity index (χ3n) is 3.09. The average molecular weight is 303 g/mol.